The zero-order valence-corrected chi connectivity index (χ0v) is 12.8. The Morgan fingerprint density at radius 2 is 1.95 bits per heavy atom. The summed E-state index contributed by atoms with van der Waals surface area (Å²) in [5.74, 6) is 0.446. The molecule has 0 bridgehead atoms. The number of halogens is 1. The Balaban J connectivity index is 1.58. The topological polar surface area (TPSA) is 80.9 Å². The minimum Gasteiger partial charge on any atom is -0.368 e. The molecule has 0 fully saturated rings. The van der Waals surface area contributed by atoms with Gasteiger partial charge in [-0.2, -0.15) is 0 Å². The first-order chi connectivity index (χ1) is 10.6. The van der Waals surface area contributed by atoms with Crippen LogP contribution in [0.4, 0.5) is 5.82 Å². The number of rotatable bonds is 5. The number of hydrogen-bond donors (Lipinski definition) is 2. The number of nitrogens with two attached hydrogens (primary N) is 1. The Bertz CT molecular complexity index is 679. The average molecular weight is 317 g/mol. The summed E-state index contributed by atoms with van der Waals surface area (Å²) in [4.78, 5) is 11.4. The van der Waals surface area contributed by atoms with Crippen molar-refractivity contribution in [1.82, 2.24) is 10.2 Å². The van der Waals surface area contributed by atoms with Crippen molar-refractivity contribution in [1.29, 1.82) is 0 Å². The van der Waals surface area contributed by atoms with Crippen LogP contribution >= 0.6 is 11.6 Å². The third-order valence-corrected chi connectivity index (χ3v) is 4.19. The second-order valence-corrected chi connectivity index (χ2v) is 5.94. The van der Waals surface area contributed by atoms with Gasteiger partial charge in [-0.3, -0.25) is 4.79 Å². The van der Waals surface area contributed by atoms with Crippen molar-refractivity contribution in [3.8, 4) is 0 Å². The minimum absolute atomic E-state index is 0.158. The van der Waals surface area contributed by atoms with Gasteiger partial charge in [-0.25, -0.2) is 0 Å². The van der Waals surface area contributed by atoms with Crippen molar-refractivity contribution in [2.45, 2.75) is 19.3 Å². The van der Waals surface area contributed by atoms with E-state index in [2.05, 4.69) is 39.8 Å². The van der Waals surface area contributed by atoms with Gasteiger partial charge in [0.15, 0.2) is 11.0 Å². The van der Waals surface area contributed by atoms with Crippen LogP contribution in [-0.4, -0.2) is 22.6 Å². The zero-order chi connectivity index (χ0) is 15.5. The lowest BCUT2D eigenvalue weighted by Crippen LogP contribution is -2.18. The van der Waals surface area contributed by atoms with Crippen LogP contribution in [0, 0.1) is 5.92 Å². The summed E-state index contributed by atoms with van der Waals surface area (Å²) in [7, 11) is 0. The number of carbonyl (C=O) groups is 1. The molecule has 1 heterocycles. The van der Waals surface area contributed by atoms with Crippen LogP contribution < -0.4 is 11.1 Å². The Hall–Kier alpha value is -2.14. The molecule has 22 heavy (non-hydrogen) atoms. The molecule has 1 aromatic carbocycles. The predicted octanol–water partition coefficient (Wildman–Crippen LogP) is 2.45. The number of nitrogens with one attached hydrogen (secondary N) is 1. The van der Waals surface area contributed by atoms with Crippen LogP contribution in [-0.2, 0) is 12.8 Å². The number of aromatic nitrogens is 2. The van der Waals surface area contributed by atoms with Crippen molar-refractivity contribution in [2.75, 3.05) is 11.9 Å². The summed E-state index contributed by atoms with van der Waals surface area (Å²) in [6.07, 6.45) is 3.21. The molecule has 1 aromatic heterocycles. The van der Waals surface area contributed by atoms with E-state index in [9.17, 15) is 4.79 Å². The summed E-state index contributed by atoms with van der Waals surface area (Å²) in [6.45, 7) is 0.718. The number of benzene rings is 1. The van der Waals surface area contributed by atoms with Crippen molar-refractivity contribution in [3.05, 3.63) is 52.2 Å². The quantitative estimate of drug-likeness (QED) is 0.887. The standard InChI is InChI=1S/C16H17ClN4O/c17-14-9-13(15(18)22)16(21-20-14)19-6-5-10-7-11-3-1-2-4-12(11)8-10/h1-4,9-10H,5-8H2,(H2,18,22)(H,19,21). The fourth-order valence-electron chi connectivity index (χ4n) is 2.94. The molecular formula is C16H17ClN4O. The van der Waals surface area contributed by atoms with E-state index in [4.69, 9.17) is 17.3 Å². The molecule has 1 amide bonds. The second-order valence-electron chi connectivity index (χ2n) is 5.55. The molecule has 1 aliphatic carbocycles. The molecule has 0 aliphatic heterocycles. The van der Waals surface area contributed by atoms with Crippen molar-refractivity contribution in [2.24, 2.45) is 11.7 Å². The lowest BCUT2D eigenvalue weighted by molar-refractivity contribution is 0.100. The normalized spacial score (nSPS) is 13.9. The van der Waals surface area contributed by atoms with Gasteiger partial charge in [0, 0.05) is 6.54 Å². The van der Waals surface area contributed by atoms with Gasteiger partial charge in [0.05, 0.1) is 5.56 Å². The Morgan fingerprint density at radius 1 is 1.27 bits per heavy atom. The molecule has 0 atom stereocenters. The lowest BCUT2D eigenvalue weighted by Gasteiger charge is -2.11. The van der Waals surface area contributed by atoms with Crippen LogP contribution in [0.5, 0.6) is 0 Å². The monoisotopic (exact) mass is 316 g/mol. The summed E-state index contributed by atoms with van der Waals surface area (Å²) in [5.41, 5.74) is 8.48. The number of primary amides is 1. The van der Waals surface area contributed by atoms with Crippen LogP contribution in [0.3, 0.4) is 0 Å². The summed E-state index contributed by atoms with van der Waals surface area (Å²) >= 11 is 5.74. The van der Waals surface area contributed by atoms with Crippen LogP contribution in [0.1, 0.15) is 27.9 Å². The maximum absolute atomic E-state index is 11.4. The van der Waals surface area contributed by atoms with E-state index in [1.807, 2.05) is 0 Å². The highest BCUT2D eigenvalue weighted by Crippen LogP contribution is 2.28. The SMILES string of the molecule is NC(=O)c1cc(Cl)nnc1NCCC1Cc2ccccc2C1. The number of nitrogens with zero attached hydrogens (tertiary/aromatic N) is 2. The molecule has 3 N–H and O–H groups in total. The molecule has 0 saturated carbocycles. The van der Waals surface area contributed by atoms with Gasteiger partial charge in [-0.1, -0.05) is 35.9 Å². The van der Waals surface area contributed by atoms with Crippen molar-refractivity contribution < 1.29 is 4.79 Å². The minimum atomic E-state index is -0.562. The zero-order valence-electron chi connectivity index (χ0n) is 12.1. The number of carbonyl (C=O) groups excluding carboxylic acids is 1. The van der Waals surface area contributed by atoms with E-state index in [0.717, 1.165) is 25.8 Å². The molecule has 3 rings (SSSR count). The highest BCUT2D eigenvalue weighted by atomic mass is 35.5. The molecule has 2 aromatic rings. The number of fused-ring (bicyclic) bond motifs is 1. The van der Waals surface area contributed by atoms with E-state index in [0.29, 0.717) is 11.7 Å². The Morgan fingerprint density at radius 3 is 2.59 bits per heavy atom. The first-order valence-corrected chi connectivity index (χ1v) is 7.65. The van der Waals surface area contributed by atoms with Crippen molar-refractivity contribution in [3.63, 3.8) is 0 Å². The van der Waals surface area contributed by atoms with Gasteiger partial charge >= 0.3 is 0 Å². The first-order valence-electron chi connectivity index (χ1n) is 7.27. The largest absolute Gasteiger partial charge is 0.368 e. The lowest BCUT2D eigenvalue weighted by atomic mass is 10.0. The van der Waals surface area contributed by atoms with E-state index in [-0.39, 0.29) is 10.7 Å². The van der Waals surface area contributed by atoms with Crippen molar-refractivity contribution >= 4 is 23.3 Å². The Labute approximate surface area is 133 Å². The molecule has 0 saturated heterocycles. The highest BCUT2D eigenvalue weighted by Gasteiger charge is 2.20. The van der Waals surface area contributed by atoms with Crippen LogP contribution in [0.15, 0.2) is 30.3 Å². The molecule has 5 nitrogen and oxygen atoms in total. The van der Waals surface area contributed by atoms with Gasteiger partial charge in [-0.15, -0.1) is 10.2 Å². The van der Waals surface area contributed by atoms with Crippen LogP contribution in [0.25, 0.3) is 0 Å². The maximum atomic E-state index is 11.4. The van der Waals surface area contributed by atoms with E-state index < -0.39 is 5.91 Å². The van der Waals surface area contributed by atoms with Gasteiger partial charge in [0.25, 0.3) is 5.91 Å². The second kappa shape index (κ2) is 6.32. The maximum Gasteiger partial charge on any atom is 0.252 e. The van der Waals surface area contributed by atoms with Gasteiger partial charge in [0.1, 0.15) is 0 Å². The molecule has 0 spiro atoms. The smallest absolute Gasteiger partial charge is 0.252 e. The third-order valence-electron chi connectivity index (χ3n) is 4.01. The Kier molecular flexibility index (Phi) is 4.24. The fourth-order valence-corrected chi connectivity index (χ4v) is 3.08. The molecular weight excluding hydrogens is 300 g/mol. The number of amides is 1. The number of anilines is 1. The van der Waals surface area contributed by atoms with Gasteiger partial charge in [-0.05, 0) is 42.4 Å². The third kappa shape index (κ3) is 3.20. The van der Waals surface area contributed by atoms with E-state index in [1.165, 1.54) is 17.2 Å². The predicted molar refractivity (Wildman–Crippen MR) is 86.0 cm³/mol. The summed E-state index contributed by atoms with van der Waals surface area (Å²) in [5, 5.41) is 11.0. The first kappa shape index (κ1) is 14.8. The van der Waals surface area contributed by atoms with Crippen LogP contribution in [0.2, 0.25) is 5.15 Å². The molecule has 0 radical (unpaired) electrons. The highest BCUT2D eigenvalue weighted by molar-refractivity contribution is 6.29. The van der Waals surface area contributed by atoms with Gasteiger partial charge < -0.3 is 11.1 Å². The number of hydrogen-bond acceptors (Lipinski definition) is 4. The molecule has 114 valence electrons. The summed E-state index contributed by atoms with van der Waals surface area (Å²) < 4.78 is 0. The summed E-state index contributed by atoms with van der Waals surface area (Å²) in [6, 6.07) is 9.99. The average Bonchev–Trinajstić information content (AvgIpc) is 2.91. The van der Waals surface area contributed by atoms with E-state index in [1.54, 1.807) is 0 Å². The molecule has 1 aliphatic rings. The van der Waals surface area contributed by atoms with E-state index >= 15 is 0 Å². The molecule has 6 heteroatoms. The molecule has 0 unspecified atom stereocenters. The van der Waals surface area contributed by atoms with Gasteiger partial charge in [0.2, 0.25) is 0 Å². The fraction of sp³-hybridized carbons (Fsp3) is 0.312.